The van der Waals surface area contributed by atoms with Gasteiger partial charge in [-0.05, 0) is 55.3 Å². The Morgan fingerprint density at radius 1 is 1.10 bits per heavy atom. The van der Waals surface area contributed by atoms with Crippen LogP contribution in [0.3, 0.4) is 0 Å². The first-order valence-electron chi connectivity index (χ1n) is 9.58. The summed E-state index contributed by atoms with van der Waals surface area (Å²) in [6.07, 6.45) is 2.96. The topological polar surface area (TPSA) is 103 Å². The number of pyridine rings is 1. The van der Waals surface area contributed by atoms with Crippen molar-refractivity contribution >= 4 is 34.4 Å². The van der Waals surface area contributed by atoms with E-state index >= 15 is 0 Å². The third-order valence-corrected chi connectivity index (χ3v) is 4.74. The van der Waals surface area contributed by atoms with Crippen molar-refractivity contribution < 1.29 is 9.72 Å². The van der Waals surface area contributed by atoms with Crippen molar-refractivity contribution in [3.8, 4) is 5.82 Å². The van der Waals surface area contributed by atoms with Crippen LogP contribution in [0, 0.1) is 24.0 Å². The van der Waals surface area contributed by atoms with Crippen LogP contribution in [0.5, 0.6) is 0 Å². The van der Waals surface area contributed by atoms with E-state index in [0.717, 1.165) is 22.2 Å². The molecular formula is C23H19N5O3. The molecule has 31 heavy (non-hydrogen) atoms. The summed E-state index contributed by atoms with van der Waals surface area (Å²) in [6.45, 7) is 3.85. The number of nitrogens with one attached hydrogen (secondary N) is 1. The summed E-state index contributed by atoms with van der Waals surface area (Å²) in [4.78, 5) is 27.4. The van der Waals surface area contributed by atoms with Gasteiger partial charge in [-0.1, -0.05) is 18.2 Å². The third kappa shape index (κ3) is 4.32. The molecule has 1 N–H and O–H groups in total. The molecular weight excluding hydrogens is 394 g/mol. The second-order valence-corrected chi connectivity index (χ2v) is 7.07. The minimum Gasteiger partial charge on any atom is -0.307 e. The van der Waals surface area contributed by atoms with E-state index in [-0.39, 0.29) is 11.6 Å². The Morgan fingerprint density at radius 3 is 2.58 bits per heavy atom. The van der Waals surface area contributed by atoms with Gasteiger partial charge in [0.25, 0.3) is 5.69 Å². The number of nitrogens with zero attached hydrogens (tertiary/aromatic N) is 4. The zero-order chi connectivity index (χ0) is 22.0. The van der Waals surface area contributed by atoms with Crippen LogP contribution < -0.4 is 5.32 Å². The van der Waals surface area contributed by atoms with Gasteiger partial charge in [0, 0.05) is 29.7 Å². The standard InChI is InChI=1S/C23H19N5O3/c1-15-13-21(24-20-6-4-3-5-19(15)20)27-22(14-16(2)26-27)25-23(29)12-9-17-7-10-18(11-8-17)28(30)31/h3-14H,1-2H3,(H,25,29)/b12-9+. The number of para-hydroxylation sites is 1. The molecule has 0 fully saturated rings. The molecule has 4 aromatic rings. The lowest BCUT2D eigenvalue weighted by Crippen LogP contribution is -2.13. The number of hydrogen-bond donors (Lipinski definition) is 1. The van der Waals surface area contributed by atoms with Crippen LogP contribution in [0.15, 0.2) is 66.7 Å². The summed E-state index contributed by atoms with van der Waals surface area (Å²) in [7, 11) is 0. The molecule has 0 bridgehead atoms. The van der Waals surface area contributed by atoms with Crippen molar-refractivity contribution in [1.82, 2.24) is 14.8 Å². The average molecular weight is 413 g/mol. The second-order valence-electron chi connectivity index (χ2n) is 7.07. The Hall–Kier alpha value is -4.33. The Kier molecular flexibility index (Phi) is 5.28. The van der Waals surface area contributed by atoms with Crippen molar-refractivity contribution in [2.24, 2.45) is 0 Å². The van der Waals surface area contributed by atoms with Gasteiger partial charge >= 0.3 is 0 Å². The van der Waals surface area contributed by atoms with E-state index in [1.165, 1.54) is 18.2 Å². The molecule has 0 atom stereocenters. The first-order valence-corrected chi connectivity index (χ1v) is 9.58. The number of rotatable bonds is 5. The Labute approximate surface area is 178 Å². The number of anilines is 1. The molecule has 2 aromatic carbocycles. The molecule has 4 rings (SSSR count). The van der Waals surface area contributed by atoms with Gasteiger partial charge in [-0.25, -0.2) is 4.98 Å². The van der Waals surface area contributed by atoms with Crippen LogP contribution in [0.25, 0.3) is 22.8 Å². The molecule has 0 saturated carbocycles. The lowest BCUT2D eigenvalue weighted by atomic mass is 10.1. The molecule has 154 valence electrons. The van der Waals surface area contributed by atoms with E-state index in [9.17, 15) is 14.9 Å². The molecule has 0 saturated heterocycles. The fraction of sp³-hybridized carbons (Fsp3) is 0.0870. The van der Waals surface area contributed by atoms with Crippen LogP contribution in [-0.4, -0.2) is 25.6 Å². The van der Waals surface area contributed by atoms with Crippen molar-refractivity contribution in [1.29, 1.82) is 0 Å². The van der Waals surface area contributed by atoms with Gasteiger partial charge in [0.05, 0.1) is 16.1 Å². The zero-order valence-corrected chi connectivity index (χ0v) is 16.9. The fourth-order valence-corrected chi connectivity index (χ4v) is 3.25. The monoisotopic (exact) mass is 413 g/mol. The van der Waals surface area contributed by atoms with E-state index in [0.29, 0.717) is 17.2 Å². The van der Waals surface area contributed by atoms with Crippen LogP contribution in [0.2, 0.25) is 0 Å². The largest absolute Gasteiger partial charge is 0.307 e. The summed E-state index contributed by atoms with van der Waals surface area (Å²) in [5, 5.41) is 19.1. The van der Waals surface area contributed by atoms with E-state index in [2.05, 4.69) is 15.4 Å². The maximum absolute atomic E-state index is 12.5. The van der Waals surface area contributed by atoms with E-state index in [1.54, 1.807) is 29.0 Å². The van der Waals surface area contributed by atoms with Crippen LogP contribution in [0.4, 0.5) is 11.5 Å². The Morgan fingerprint density at radius 2 is 1.84 bits per heavy atom. The summed E-state index contributed by atoms with van der Waals surface area (Å²) < 4.78 is 1.60. The van der Waals surface area contributed by atoms with Crippen LogP contribution >= 0.6 is 0 Å². The first-order chi connectivity index (χ1) is 14.9. The van der Waals surface area contributed by atoms with Gasteiger partial charge in [-0.2, -0.15) is 9.78 Å². The Bertz CT molecular complexity index is 1320. The molecule has 2 aromatic heterocycles. The number of nitro groups is 1. The quantitative estimate of drug-likeness (QED) is 0.293. The number of nitro benzene ring substituents is 1. The lowest BCUT2D eigenvalue weighted by molar-refractivity contribution is -0.384. The molecule has 0 aliphatic carbocycles. The predicted octanol–water partition coefficient (Wildman–Crippen LogP) is 4.60. The molecule has 8 nitrogen and oxygen atoms in total. The average Bonchev–Trinajstić information content (AvgIpc) is 3.12. The summed E-state index contributed by atoms with van der Waals surface area (Å²) in [5.41, 5.74) is 3.32. The van der Waals surface area contributed by atoms with Crippen molar-refractivity contribution in [2.75, 3.05) is 5.32 Å². The number of non-ortho nitro benzene ring substituents is 1. The molecule has 0 aliphatic heterocycles. The maximum Gasteiger partial charge on any atom is 0.269 e. The minimum absolute atomic E-state index is 0.000781. The highest BCUT2D eigenvalue weighted by Crippen LogP contribution is 2.22. The fourth-order valence-electron chi connectivity index (χ4n) is 3.25. The minimum atomic E-state index is -0.466. The van der Waals surface area contributed by atoms with Gasteiger partial charge in [0.15, 0.2) is 5.82 Å². The molecule has 1 amide bonds. The van der Waals surface area contributed by atoms with Crippen LogP contribution in [-0.2, 0) is 4.79 Å². The molecule has 2 heterocycles. The normalized spacial score (nSPS) is 11.2. The molecule has 0 unspecified atom stereocenters. The molecule has 0 spiro atoms. The van der Waals surface area contributed by atoms with Gasteiger partial charge in [-0.15, -0.1) is 0 Å². The van der Waals surface area contributed by atoms with E-state index in [4.69, 9.17) is 0 Å². The number of carbonyl (C=O) groups is 1. The summed E-state index contributed by atoms with van der Waals surface area (Å²) in [6, 6.07) is 17.5. The number of fused-ring (bicyclic) bond motifs is 1. The van der Waals surface area contributed by atoms with Gasteiger partial charge in [0.2, 0.25) is 5.91 Å². The number of hydrogen-bond acceptors (Lipinski definition) is 5. The Balaban J connectivity index is 1.57. The van der Waals surface area contributed by atoms with Crippen molar-refractivity contribution in [2.45, 2.75) is 13.8 Å². The lowest BCUT2D eigenvalue weighted by Gasteiger charge is -2.10. The SMILES string of the molecule is Cc1cc(NC(=O)/C=C/c2ccc([N+](=O)[O-])cc2)n(-c2cc(C)c3ccccc3n2)n1. The van der Waals surface area contributed by atoms with E-state index in [1.807, 2.05) is 44.2 Å². The molecule has 8 heteroatoms. The summed E-state index contributed by atoms with van der Waals surface area (Å²) >= 11 is 0. The van der Waals surface area contributed by atoms with Gasteiger partial charge in [0.1, 0.15) is 5.82 Å². The summed E-state index contributed by atoms with van der Waals surface area (Å²) in [5.74, 6) is 0.758. The van der Waals surface area contributed by atoms with Crippen LogP contribution in [0.1, 0.15) is 16.8 Å². The number of amides is 1. The molecule has 0 aliphatic rings. The highest BCUT2D eigenvalue weighted by Gasteiger charge is 2.12. The highest BCUT2D eigenvalue weighted by molar-refractivity contribution is 6.01. The first kappa shape index (κ1) is 20.0. The molecule has 0 radical (unpaired) electrons. The predicted molar refractivity (Wildman–Crippen MR) is 119 cm³/mol. The number of aryl methyl sites for hydroxylation is 2. The number of aromatic nitrogens is 3. The smallest absolute Gasteiger partial charge is 0.269 e. The van der Waals surface area contributed by atoms with Gasteiger partial charge < -0.3 is 5.32 Å². The van der Waals surface area contributed by atoms with Gasteiger partial charge in [-0.3, -0.25) is 14.9 Å². The maximum atomic E-state index is 12.5. The van der Waals surface area contributed by atoms with Crippen molar-refractivity contribution in [3.63, 3.8) is 0 Å². The van der Waals surface area contributed by atoms with E-state index < -0.39 is 4.92 Å². The second kappa shape index (κ2) is 8.19. The number of benzene rings is 2. The number of carbonyl (C=O) groups excluding carboxylic acids is 1. The highest BCUT2D eigenvalue weighted by atomic mass is 16.6. The third-order valence-electron chi connectivity index (χ3n) is 4.74. The van der Waals surface area contributed by atoms with Crippen molar-refractivity contribution in [3.05, 3.63) is 93.7 Å². The zero-order valence-electron chi connectivity index (χ0n) is 16.9.